The Kier molecular flexibility index (Phi) is 5.05. The van der Waals surface area contributed by atoms with E-state index in [1.165, 1.54) is 51.4 Å². The lowest BCUT2D eigenvalue weighted by molar-refractivity contribution is -0.0801. The van der Waals surface area contributed by atoms with Crippen LogP contribution in [0.5, 0.6) is 0 Å². The van der Waals surface area contributed by atoms with E-state index in [-0.39, 0.29) is 5.60 Å². The van der Waals surface area contributed by atoms with Gasteiger partial charge in [-0.3, -0.25) is 11.3 Å². The molecule has 0 aliphatic heterocycles. The van der Waals surface area contributed by atoms with E-state index in [0.29, 0.717) is 12.0 Å². The highest BCUT2D eigenvalue weighted by molar-refractivity contribution is 5.00. The molecule has 0 bridgehead atoms. The molecular formula is C15H30N2O. The maximum absolute atomic E-state index is 6.18. The Morgan fingerprint density at radius 3 is 2.33 bits per heavy atom. The van der Waals surface area contributed by atoms with Crippen LogP contribution in [0.1, 0.15) is 65.2 Å². The van der Waals surface area contributed by atoms with Crippen LogP contribution in [0, 0.1) is 11.8 Å². The first-order valence-electron chi connectivity index (χ1n) is 7.82. The van der Waals surface area contributed by atoms with E-state index in [4.69, 9.17) is 10.6 Å². The molecule has 0 saturated heterocycles. The Balaban J connectivity index is 2.05. The second kappa shape index (κ2) is 6.36. The highest BCUT2D eigenvalue weighted by atomic mass is 16.5. The minimum Gasteiger partial charge on any atom is -0.374 e. The van der Waals surface area contributed by atoms with Crippen molar-refractivity contribution in [2.24, 2.45) is 17.7 Å². The molecule has 1 unspecified atom stereocenters. The molecule has 0 heterocycles. The van der Waals surface area contributed by atoms with Crippen LogP contribution < -0.4 is 11.3 Å². The van der Waals surface area contributed by atoms with Gasteiger partial charge in [0.05, 0.1) is 11.6 Å². The van der Waals surface area contributed by atoms with Gasteiger partial charge in [0.1, 0.15) is 0 Å². The average molecular weight is 254 g/mol. The highest BCUT2D eigenvalue weighted by Crippen LogP contribution is 2.42. The van der Waals surface area contributed by atoms with Crippen LogP contribution in [-0.4, -0.2) is 18.2 Å². The topological polar surface area (TPSA) is 47.3 Å². The van der Waals surface area contributed by atoms with E-state index in [1.54, 1.807) is 0 Å². The number of nitrogens with one attached hydrogen (secondary N) is 1. The molecule has 3 N–H and O–H groups in total. The van der Waals surface area contributed by atoms with Gasteiger partial charge in [-0.2, -0.15) is 0 Å². The van der Waals surface area contributed by atoms with Crippen LogP contribution in [0.15, 0.2) is 0 Å². The Morgan fingerprint density at radius 2 is 1.83 bits per heavy atom. The largest absolute Gasteiger partial charge is 0.374 e. The first kappa shape index (κ1) is 14.3. The standard InChI is InChI=1S/C15H30N2O/c1-3-18-15(10-4-5-11-15)14(17-16)13-8-6-12(2)7-9-13/h12-14,17H,3-11,16H2,1-2H3. The van der Waals surface area contributed by atoms with Crippen molar-refractivity contribution in [2.75, 3.05) is 6.61 Å². The molecule has 0 aromatic heterocycles. The Hall–Kier alpha value is -0.120. The van der Waals surface area contributed by atoms with E-state index in [2.05, 4.69) is 19.3 Å². The number of ether oxygens (including phenoxy) is 1. The highest BCUT2D eigenvalue weighted by Gasteiger charge is 2.45. The van der Waals surface area contributed by atoms with Crippen LogP contribution in [0.2, 0.25) is 0 Å². The molecule has 0 amide bonds. The van der Waals surface area contributed by atoms with Gasteiger partial charge in [0.15, 0.2) is 0 Å². The van der Waals surface area contributed by atoms with Crippen molar-refractivity contribution in [3.05, 3.63) is 0 Å². The van der Waals surface area contributed by atoms with E-state index in [9.17, 15) is 0 Å². The first-order chi connectivity index (χ1) is 8.72. The summed E-state index contributed by atoms with van der Waals surface area (Å²) in [7, 11) is 0. The minimum atomic E-state index is 0.0226. The Bertz CT molecular complexity index is 243. The van der Waals surface area contributed by atoms with Crippen molar-refractivity contribution in [1.29, 1.82) is 0 Å². The van der Waals surface area contributed by atoms with Crippen molar-refractivity contribution in [1.82, 2.24) is 5.43 Å². The van der Waals surface area contributed by atoms with Gasteiger partial charge in [0.25, 0.3) is 0 Å². The fraction of sp³-hybridized carbons (Fsp3) is 1.00. The molecule has 3 heteroatoms. The summed E-state index contributed by atoms with van der Waals surface area (Å²) < 4.78 is 6.18. The Labute approximate surface area is 112 Å². The average Bonchev–Trinajstić information content (AvgIpc) is 2.82. The molecule has 0 radical (unpaired) electrons. The zero-order valence-corrected chi connectivity index (χ0v) is 12.1. The number of hydrogen-bond donors (Lipinski definition) is 2. The summed E-state index contributed by atoms with van der Waals surface area (Å²) in [6.45, 7) is 5.28. The monoisotopic (exact) mass is 254 g/mol. The summed E-state index contributed by atoms with van der Waals surface area (Å²) in [5.74, 6) is 7.50. The normalized spacial score (nSPS) is 33.5. The van der Waals surface area contributed by atoms with Gasteiger partial charge < -0.3 is 4.74 Å². The van der Waals surface area contributed by atoms with Gasteiger partial charge >= 0.3 is 0 Å². The lowest BCUT2D eigenvalue weighted by Crippen LogP contribution is -2.57. The molecule has 0 aromatic rings. The Morgan fingerprint density at radius 1 is 1.22 bits per heavy atom. The molecule has 18 heavy (non-hydrogen) atoms. The summed E-state index contributed by atoms with van der Waals surface area (Å²) in [6, 6.07) is 0.354. The summed E-state index contributed by atoms with van der Waals surface area (Å²) in [5.41, 5.74) is 3.15. The number of rotatable bonds is 5. The second-order valence-corrected chi connectivity index (χ2v) is 6.37. The molecular weight excluding hydrogens is 224 g/mol. The summed E-state index contributed by atoms with van der Waals surface area (Å²) in [5, 5.41) is 0. The summed E-state index contributed by atoms with van der Waals surface area (Å²) >= 11 is 0. The number of nitrogens with two attached hydrogens (primary N) is 1. The van der Waals surface area contributed by atoms with Crippen LogP contribution in [0.3, 0.4) is 0 Å². The molecule has 0 aromatic carbocycles. The third-order valence-corrected chi connectivity index (χ3v) is 5.16. The zero-order chi connectivity index (χ0) is 13.0. The van der Waals surface area contributed by atoms with Gasteiger partial charge in [0.2, 0.25) is 0 Å². The van der Waals surface area contributed by atoms with Gasteiger partial charge in [-0.15, -0.1) is 0 Å². The fourth-order valence-corrected chi connectivity index (χ4v) is 4.14. The fourth-order valence-electron chi connectivity index (χ4n) is 4.14. The third-order valence-electron chi connectivity index (χ3n) is 5.16. The second-order valence-electron chi connectivity index (χ2n) is 6.37. The SMILES string of the molecule is CCOC1(C(NN)C2CCC(C)CC2)CCCC1. The molecule has 1 atom stereocenters. The van der Waals surface area contributed by atoms with Crippen molar-refractivity contribution in [3.63, 3.8) is 0 Å². The lowest BCUT2D eigenvalue weighted by atomic mass is 9.73. The maximum atomic E-state index is 6.18. The van der Waals surface area contributed by atoms with E-state index in [1.807, 2.05) is 0 Å². The van der Waals surface area contributed by atoms with E-state index in [0.717, 1.165) is 12.5 Å². The van der Waals surface area contributed by atoms with Gasteiger partial charge in [0, 0.05) is 6.61 Å². The smallest absolute Gasteiger partial charge is 0.0850 e. The van der Waals surface area contributed by atoms with Gasteiger partial charge in [-0.1, -0.05) is 32.6 Å². The van der Waals surface area contributed by atoms with Gasteiger partial charge in [-0.05, 0) is 44.4 Å². The number of hydrogen-bond acceptors (Lipinski definition) is 3. The quantitative estimate of drug-likeness (QED) is 0.585. The van der Waals surface area contributed by atoms with Crippen LogP contribution in [-0.2, 0) is 4.74 Å². The molecule has 2 aliphatic carbocycles. The van der Waals surface area contributed by atoms with Crippen molar-refractivity contribution in [2.45, 2.75) is 76.9 Å². The molecule has 2 saturated carbocycles. The lowest BCUT2D eigenvalue weighted by Gasteiger charge is -2.43. The molecule has 0 spiro atoms. The van der Waals surface area contributed by atoms with Crippen LogP contribution in [0.25, 0.3) is 0 Å². The van der Waals surface area contributed by atoms with Crippen LogP contribution in [0.4, 0.5) is 0 Å². The summed E-state index contributed by atoms with van der Waals surface area (Å²) in [6.07, 6.45) is 10.3. The summed E-state index contributed by atoms with van der Waals surface area (Å²) in [4.78, 5) is 0. The molecule has 2 fully saturated rings. The van der Waals surface area contributed by atoms with Crippen LogP contribution >= 0.6 is 0 Å². The van der Waals surface area contributed by atoms with E-state index < -0.39 is 0 Å². The predicted molar refractivity (Wildman–Crippen MR) is 75.1 cm³/mol. The van der Waals surface area contributed by atoms with Crippen molar-refractivity contribution < 1.29 is 4.74 Å². The third kappa shape index (κ3) is 2.89. The molecule has 2 rings (SSSR count). The molecule has 2 aliphatic rings. The van der Waals surface area contributed by atoms with Crippen molar-refractivity contribution >= 4 is 0 Å². The van der Waals surface area contributed by atoms with E-state index >= 15 is 0 Å². The van der Waals surface area contributed by atoms with Crippen molar-refractivity contribution in [3.8, 4) is 0 Å². The zero-order valence-electron chi connectivity index (χ0n) is 12.1. The molecule has 3 nitrogen and oxygen atoms in total. The predicted octanol–water partition coefficient (Wildman–Crippen LogP) is 2.99. The minimum absolute atomic E-state index is 0.0226. The van der Waals surface area contributed by atoms with Gasteiger partial charge in [-0.25, -0.2) is 0 Å². The maximum Gasteiger partial charge on any atom is 0.0850 e. The first-order valence-corrected chi connectivity index (χ1v) is 7.82. The number of hydrazine groups is 1. The molecule has 106 valence electrons.